The maximum atomic E-state index is 12.4. The fraction of sp³-hybridized carbons (Fsp3) is 0.357. The van der Waals surface area contributed by atoms with Crippen molar-refractivity contribution in [1.29, 1.82) is 0 Å². The molecule has 0 fully saturated rings. The highest BCUT2D eigenvalue weighted by Crippen LogP contribution is 2.43. The molecule has 0 saturated heterocycles. The van der Waals surface area contributed by atoms with E-state index in [-0.39, 0.29) is 21.4 Å². The molecular formula is C14H14BrCl2NO5S. The first-order chi connectivity index (χ1) is 11.1. The molecule has 0 spiro atoms. The van der Waals surface area contributed by atoms with Crippen molar-refractivity contribution in [3.8, 4) is 0 Å². The van der Waals surface area contributed by atoms with Crippen molar-refractivity contribution in [2.45, 2.75) is 18.9 Å². The molecule has 0 amide bonds. The average molecular weight is 459 g/mol. The van der Waals surface area contributed by atoms with E-state index in [0.29, 0.717) is 11.8 Å². The lowest BCUT2D eigenvalue weighted by atomic mass is 9.91. The number of carbonyl (C=O) groups is 1. The van der Waals surface area contributed by atoms with Crippen molar-refractivity contribution >= 4 is 54.9 Å². The van der Waals surface area contributed by atoms with E-state index in [4.69, 9.17) is 27.9 Å². The number of aliphatic hydroxyl groups is 1. The van der Waals surface area contributed by atoms with E-state index in [0.717, 1.165) is 0 Å². The van der Waals surface area contributed by atoms with Crippen LogP contribution in [0.5, 0.6) is 0 Å². The molecule has 0 bridgehead atoms. The first-order valence-electron chi connectivity index (χ1n) is 6.80. The second kappa shape index (κ2) is 7.11. The van der Waals surface area contributed by atoms with E-state index >= 15 is 0 Å². The van der Waals surface area contributed by atoms with Crippen molar-refractivity contribution in [2.24, 2.45) is 0 Å². The summed E-state index contributed by atoms with van der Waals surface area (Å²) in [5.41, 5.74) is -1.58. The number of ether oxygens (including phenoxy) is 1. The number of halogens is 3. The van der Waals surface area contributed by atoms with E-state index in [2.05, 4.69) is 20.7 Å². The monoisotopic (exact) mass is 457 g/mol. The molecule has 1 aliphatic rings. The highest BCUT2D eigenvalue weighted by Gasteiger charge is 2.50. The summed E-state index contributed by atoms with van der Waals surface area (Å²) in [4.78, 5) is 12.4. The van der Waals surface area contributed by atoms with Crippen LogP contribution in [0.15, 0.2) is 29.8 Å². The minimum atomic E-state index is -3.78. The maximum Gasteiger partial charge on any atom is 0.250 e. The second-order valence-electron chi connectivity index (χ2n) is 5.20. The fourth-order valence-electron chi connectivity index (χ4n) is 2.25. The molecule has 0 radical (unpaired) electrons. The van der Waals surface area contributed by atoms with Gasteiger partial charge < -0.3 is 9.84 Å². The van der Waals surface area contributed by atoms with Gasteiger partial charge in [0.05, 0.1) is 5.75 Å². The number of rotatable bonds is 6. The van der Waals surface area contributed by atoms with E-state index in [1.165, 1.54) is 19.1 Å². The topological polar surface area (TPSA) is 92.7 Å². The molecule has 2 rings (SSSR count). The predicted octanol–water partition coefficient (Wildman–Crippen LogP) is 3.24. The molecule has 132 valence electrons. The first-order valence-corrected chi connectivity index (χ1v) is 10.3. The maximum absolute atomic E-state index is 12.4. The molecule has 24 heavy (non-hydrogen) atoms. The number of alkyl halides is 1. The smallest absolute Gasteiger partial charge is 0.250 e. The minimum absolute atomic E-state index is 0.152. The van der Waals surface area contributed by atoms with Gasteiger partial charge in [-0.25, -0.2) is 8.42 Å². The molecule has 0 aliphatic carbocycles. The number of ketones is 1. The summed E-state index contributed by atoms with van der Waals surface area (Å²) in [6.07, 6.45) is 0.352. The quantitative estimate of drug-likeness (QED) is 0.638. The number of benzene rings is 1. The summed E-state index contributed by atoms with van der Waals surface area (Å²) >= 11 is 15.3. The van der Waals surface area contributed by atoms with Crippen molar-refractivity contribution in [2.75, 3.05) is 11.1 Å². The summed E-state index contributed by atoms with van der Waals surface area (Å²) in [6.45, 7) is 1.36. The van der Waals surface area contributed by atoms with Gasteiger partial charge in [0.2, 0.25) is 27.3 Å². The van der Waals surface area contributed by atoms with Crippen molar-refractivity contribution < 1.29 is 23.1 Å². The Balaban J connectivity index is 2.36. The molecule has 0 aromatic heterocycles. The molecule has 6 nitrogen and oxygen atoms in total. The van der Waals surface area contributed by atoms with Crippen LogP contribution in [-0.2, 0) is 25.2 Å². The van der Waals surface area contributed by atoms with Crippen LogP contribution < -0.4 is 4.72 Å². The number of sulfonamides is 1. The molecule has 1 aromatic carbocycles. The third kappa shape index (κ3) is 3.66. The fourth-order valence-corrected chi connectivity index (χ4v) is 4.71. The zero-order chi connectivity index (χ0) is 18.1. The highest BCUT2D eigenvalue weighted by molar-refractivity contribution is 9.09. The van der Waals surface area contributed by atoms with E-state index in [9.17, 15) is 18.3 Å². The summed E-state index contributed by atoms with van der Waals surface area (Å²) in [7, 11) is -3.78. The van der Waals surface area contributed by atoms with Gasteiger partial charge >= 0.3 is 0 Å². The van der Waals surface area contributed by atoms with Crippen LogP contribution in [0.25, 0.3) is 0 Å². The summed E-state index contributed by atoms with van der Waals surface area (Å²) in [5, 5.41) is 10.8. The van der Waals surface area contributed by atoms with Crippen LogP contribution >= 0.6 is 39.1 Å². The normalized spacial score (nSPS) is 21.1. The van der Waals surface area contributed by atoms with Gasteiger partial charge in [-0.3, -0.25) is 9.52 Å². The SMILES string of the molecule is CC1(c2c(Cl)cccc2Cl)OC(NS(=O)(=O)CCCBr)=C(O)C1=O. The first kappa shape index (κ1) is 19.4. The van der Waals surface area contributed by atoms with E-state index < -0.39 is 33.0 Å². The Labute approximate surface area is 158 Å². The van der Waals surface area contributed by atoms with Crippen LogP contribution in [0.3, 0.4) is 0 Å². The number of carbonyl (C=O) groups excluding carboxylic acids is 1. The molecule has 2 N–H and O–H groups in total. The van der Waals surface area contributed by atoms with Gasteiger partial charge in [-0.05, 0) is 25.5 Å². The molecule has 10 heteroatoms. The molecule has 1 heterocycles. The Hall–Kier alpha value is -0.960. The Morgan fingerprint density at radius 3 is 2.46 bits per heavy atom. The lowest BCUT2D eigenvalue weighted by Gasteiger charge is -2.25. The summed E-state index contributed by atoms with van der Waals surface area (Å²) in [5.74, 6) is -2.39. The Bertz CT molecular complexity index is 791. The van der Waals surface area contributed by atoms with Crippen LogP contribution in [0.1, 0.15) is 18.9 Å². The number of Topliss-reactive ketones (excluding diaryl/α,β-unsaturated/α-hetero) is 1. The van der Waals surface area contributed by atoms with Crippen molar-refractivity contribution in [3.63, 3.8) is 0 Å². The Morgan fingerprint density at radius 1 is 1.33 bits per heavy atom. The third-order valence-corrected chi connectivity index (χ3v) is 5.92. The molecule has 1 aliphatic heterocycles. The Kier molecular flexibility index (Phi) is 5.74. The zero-order valence-electron chi connectivity index (χ0n) is 12.5. The van der Waals surface area contributed by atoms with Gasteiger partial charge in [0, 0.05) is 20.9 Å². The molecule has 1 atom stereocenters. The van der Waals surface area contributed by atoms with Crippen molar-refractivity contribution in [3.05, 3.63) is 45.5 Å². The van der Waals surface area contributed by atoms with Crippen molar-refractivity contribution in [1.82, 2.24) is 4.72 Å². The highest BCUT2D eigenvalue weighted by atomic mass is 79.9. The van der Waals surface area contributed by atoms with Crippen LogP contribution in [0.4, 0.5) is 0 Å². The summed E-state index contributed by atoms with van der Waals surface area (Å²) < 4.78 is 31.4. The van der Waals surface area contributed by atoms with Gasteiger partial charge in [-0.1, -0.05) is 45.2 Å². The van der Waals surface area contributed by atoms with E-state index in [1.54, 1.807) is 6.07 Å². The number of hydrogen-bond acceptors (Lipinski definition) is 5. The number of nitrogens with one attached hydrogen (secondary N) is 1. The van der Waals surface area contributed by atoms with Gasteiger partial charge in [0.25, 0.3) is 5.78 Å². The van der Waals surface area contributed by atoms with Gasteiger partial charge in [0.15, 0.2) is 0 Å². The standard InChI is InChI=1S/C14H14BrCl2NO5S/c1-14(10-8(16)4-2-5-9(10)17)12(20)11(19)13(23-14)18-24(21,22)7-3-6-15/h2,4-5,18-19H,3,6-7H2,1H3. The lowest BCUT2D eigenvalue weighted by Crippen LogP contribution is -2.33. The molecular weight excluding hydrogens is 445 g/mol. The number of aliphatic hydroxyl groups excluding tert-OH is 1. The minimum Gasteiger partial charge on any atom is -0.501 e. The molecule has 0 saturated carbocycles. The van der Waals surface area contributed by atoms with Gasteiger partial charge in [0.1, 0.15) is 0 Å². The molecule has 1 unspecified atom stereocenters. The Morgan fingerprint density at radius 2 is 1.92 bits per heavy atom. The third-order valence-electron chi connectivity index (χ3n) is 3.40. The van der Waals surface area contributed by atoms with Crippen LogP contribution in [-0.4, -0.2) is 30.4 Å². The van der Waals surface area contributed by atoms with Crippen LogP contribution in [0.2, 0.25) is 10.0 Å². The number of hydrogen-bond donors (Lipinski definition) is 2. The summed E-state index contributed by atoms with van der Waals surface area (Å²) in [6, 6.07) is 4.62. The zero-order valence-corrected chi connectivity index (χ0v) is 16.4. The van der Waals surface area contributed by atoms with E-state index in [1.807, 2.05) is 0 Å². The predicted molar refractivity (Wildman–Crippen MR) is 94.9 cm³/mol. The van der Waals surface area contributed by atoms with Crippen LogP contribution in [0, 0.1) is 0 Å². The van der Waals surface area contributed by atoms with Gasteiger partial charge in [-0.2, -0.15) is 0 Å². The van der Waals surface area contributed by atoms with Gasteiger partial charge in [-0.15, -0.1) is 0 Å². The largest absolute Gasteiger partial charge is 0.501 e. The molecule has 1 aromatic rings. The lowest BCUT2D eigenvalue weighted by molar-refractivity contribution is -0.131. The second-order valence-corrected chi connectivity index (χ2v) is 8.65. The average Bonchev–Trinajstić information content (AvgIpc) is 2.69.